The lowest BCUT2D eigenvalue weighted by molar-refractivity contribution is 0.188. The van der Waals surface area contributed by atoms with Gasteiger partial charge in [-0.05, 0) is 19.3 Å². The van der Waals surface area contributed by atoms with Gasteiger partial charge < -0.3 is 10.2 Å². The van der Waals surface area contributed by atoms with E-state index in [4.69, 9.17) is 4.99 Å². The van der Waals surface area contributed by atoms with Crippen LogP contribution in [0.4, 0.5) is 0 Å². The summed E-state index contributed by atoms with van der Waals surface area (Å²) in [5.41, 5.74) is 1.34. The minimum absolute atomic E-state index is 0.460. The van der Waals surface area contributed by atoms with Crippen molar-refractivity contribution in [3.63, 3.8) is 0 Å². The van der Waals surface area contributed by atoms with E-state index >= 15 is 0 Å². The molecule has 19 heavy (non-hydrogen) atoms. The summed E-state index contributed by atoms with van der Waals surface area (Å²) in [7, 11) is 1.99. The molecule has 5 heteroatoms. The number of guanidine groups is 1. The molecule has 0 radical (unpaired) electrons. The third kappa shape index (κ3) is 1.75. The van der Waals surface area contributed by atoms with Gasteiger partial charge in [-0.15, -0.1) is 0 Å². The van der Waals surface area contributed by atoms with Gasteiger partial charge in [0.05, 0.1) is 18.3 Å². The quantitative estimate of drug-likeness (QED) is 0.830. The second-order valence-electron chi connectivity index (χ2n) is 5.97. The second kappa shape index (κ2) is 4.25. The van der Waals surface area contributed by atoms with Crippen molar-refractivity contribution in [1.82, 2.24) is 20.0 Å². The maximum absolute atomic E-state index is 4.70. The molecule has 2 aliphatic heterocycles. The van der Waals surface area contributed by atoms with E-state index in [9.17, 15) is 0 Å². The Balaban J connectivity index is 1.68. The number of rotatable bonds is 1. The zero-order valence-corrected chi connectivity index (χ0v) is 11.4. The summed E-state index contributed by atoms with van der Waals surface area (Å²) in [5.74, 6) is 1.14. The molecule has 1 aromatic heterocycles. The Morgan fingerprint density at radius 3 is 3.00 bits per heavy atom. The predicted molar refractivity (Wildman–Crippen MR) is 73.9 cm³/mol. The smallest absolute Gasteiger partial charge is 0.195 e. The molecule has 1 saturated carbocycles. The van der Waals surface area contributed by atoms with Gasteiger partial charge in [-0.3, -0.25) is 9.67 Å². The molecule has 0 amide bonds. The van der Waals surface area contributed by atoms with Gasteiger partial charge in [0.1, 0.15) is 0 Å². The number of aromatic nitrogens is 2. The third-order valence-electron chi connectivity index (χ3n) is 4.76. The Bertz CT molecular complexity index is 506. The Morgan fingerprint density at radius 1 is 1.26 bits per heavy atom. The maximum atomic E-state index is 4.70. The highest BCUT2D eigenvalue weighted by Gasteiger charge is 2.44. The maximum Gasteiger partial charge on any atom is 0.195 e. The molecule has 3 aliphatic rings. The lowest BCUT2D eigenvalue weighted by Gasteiger charge is -2.38. The molecule has 1 aliphatic carbocycles. The molecular weight excluding hydrogens is 238 g/mol. The van der Waals surface area contributed by atoms with Crippen LogP contribution in [-0.4, -0.2) is 39.3 Å². The number of aryl methyl sites for hydroxylation is 1. The molecule has 5 nitrogen and oxygen atoms in total. The summed E-state index contributed by atoms with van der Waals surface area (Å²) >= 11 is 0. The van der Waals surface area contributed by atoms with Crippen LogP contribution in [-0.2, 0) is 7.05 Å². The Kier molecular flexibility index (Phi) is 2.53. The average Bonchev–Trinajstić information content (AvgIpc) is 3.01. The fourth-order valence-electron chi connectivity index (χ4n) is 3.89. The second-order valence-corrected chi connectivity index (χ2v) is 5.97. The third-order valence-corrected chi connectivity index (χ3v) is 4.76. The lowest BCUT2D eigenvalue weighted by Crippen LogP contribution is -2.43. The van der Waals surface area contributed by atoms with Gasteiger partial charge in [-0.1, -0.05) is 12.8 Å². The molecule has 1 aromatic rings. The lowest BCUT2D eigenvalue weighted by atomic mass is 9.89. The van der Waals surface area contributed by atoms with Crippen molar-refractivity contribution in [2.75, 3.05) is 6.54 Å². The first-order chi connectivity index (χ1) is 9.33. The van der Waals surface area contributed by atoms with Gasteiger partial charge in [0.2, 0.25) is 0 Å². The summed E-state index contributed by atoms with van der Waals surface area (Å²) in [6, 6.07) is 1.71. The zero-order valence-electron chi connectivity index (χ0n) is 11.4. The summed E-state index contributed by atoms with van der Waals surface area (Å²) in [6.07, 6.45) is 10.6. The van der Waals surface area contributed by atoms with Crippen LogP contribution in [0, 0.1) is 0 Å². The number of hydrogen-bond acceptors (Lipinski definition) is 4. The fourth-order valence-corrected chi connectivity index (χ4v) is 3.89. The molecule has 1 N–H and O–H groups in total. The Hall–Kier alpha value is -1.52. The topological polar surface area (TPSA) is 45.5 Å². The van der Waals surface area contributed by atoms with Crippen molar-refractivity contribution in [1.29, 1.82) is 0 Å². The molecule has 0 bridgehead atoms. The van der Waals surface area contributed by atoms with E-state index in [-0.39, 0.29) is 0 Å². The van der Waals surface area contributed by atoms with Crippen LogP contribution in [0.2, 0.25) is 0 Å². The van der Waals surface area contributed by atoms with Crippen molar-refractivity contribution in [3.8, 4) is 0 Å². The van der Waals surface area contributed by atoms with Crippen LogP contribution in [0.25, 0.3) is 0 Å². The highest BCUT2D eigenvalue weighted by atomic mass is 15.4. The summed E-state index contributed by atoms with van der Waals surface area (Å²) in [4.78, 5) is 7.25. The first kappa shape index (κ1) is 11.3. The monoisotopic (exact) mass is 259 g/mol. The van der Waals surface area contributed by atoms with Crippen LogP contribution in [0.5, 0.6) is 0 Å². The van der Waals surface area contributed by atoms with Gasteiger partial charge in [0.25, 0.3) is 0 Å². The van der Waals surface area contributed by atoms with Crippen molar-refractivity contribution in [3.05, 3.63) is 18.0 Å². The van der Waals surface area contributed by atoms with Crippen molar-refractivity contribution >= 4 is 5.96 Å². The first-order valence-corrected chi connectivity index (χ1v) is 7.41. The number of hydrogen-bond donors (Lipinski definition) is 1. The molecule has 1 saturated heterocycles. The van der Waals surface area contributed by atoms with E-state index in [2.05, 4.69) is 21.5 Å². The number of fused-ring (bicyclic) bond motifs is 3. The average molecular weight is 259 g/mol. The molecule has 3 heterocycles. The van der Waals surface area contributed by atoms with Gasteiger partial charge in [-0.2, -0.15) is 5.10 Å². The summed E-state index contributed by atoms with van der Waals surface area (Å²) in [5, 5.41) is 7.99. The SMILES string of the molecule is Cn1cc(C2CCN=C3NC4CCCCC4N32)cn1. The zero-order chi connectivity index (χ0) is 12.8. The Labute approximate surface area is 113 Å². The molecule has 2 fully saturated rings. The van der Waals surface area contributed by atoms with Crippen LogP contribution < -0.4 is 5.32 Å². The summed E-state index contributed by atoms with van der Waals surface area (Å²) < 4.78 is 1.91. The van der Waals surface area contributed by atoms with Crippen molar-refractivity contribution < 1.29 is 0 Å². The van der Waals surface area contributed by atoms with Crippen LogP contribution >= 0.6 is 0 Å². The summed E-state index contributed by atoms with van der Waals surface area (Å²) in [6.45, 7) is 0.928. The van der Waals surface area contributed by atoms with E-state index in [1.165, 1.54) is 31.2 Å². The van der Waals surface area contributed by atoms with Crippen molar-refractivity contribution in [2.24, 2.45) is 12.0 Å². The van der Waals surface area contributed by atoms with E-state index in [1.54, 1.807) is 0 Å². The van der Waals surface area contributed by atoms with E-state index in [0.29, 0.717) is 18.1 Å². The molecule has 102 valence electrons. The normalized spacial score (nSPS) is 33.4. The van der Waals surface area contributed by atoms with E-state index < -0.39 is 0 Å². The van der Waals surface area contributed by atoms with E-state index in [1.807, 2.05) is 17.9 Å². The van der Waals surface area contributed by atoms with Crippen LogP contribution in [0.1, 0.15) is 43.7 Å². The molecule has 4 rings (SSSR count). The first-order valence-electron chi connectivity index (χ1n) is 7.41. The van der Waals surface area contributed by atoms with Gasteiger partial charge in [-0.25, -0.2) is 0 Å². The Morgan fingerprint density at radius 2 is 2.16 bits per heavy atom. The number of aliphatic imine (C=N–C) groups is 1. The number of nitrogens with one attached hydrogen (secondary N) is 1. The van der Waals surface area contributed by atoms with Crippen LogP contribution in [0.3, 0.4) is 0 Å². The largest absolute Gasteiger partial charge is 0.351 e. The predicted octanol–water partition coefficient (Wildman–Crippen LogP) is 1.44. The van der Waals surface area contributed by atoms with Gasteiger partial charge in [0, 0.05) is 31.4 Å². The minimum Gasteiger partial charge on any atom is -0.351 e. The standard InChI is InChI=1S/C14H21N5/c1-18-9-10(8-16-18)12-6-7-15-14-17-11-4-2-3-5-13(11)19(12)14/h8-9,11-13H,2-7H2,1H3,(H,15,17). The van der Waals surface area contributed by atoms with Crippen molar-refractivity contribution in [2.45, 2.75) is 50.2 Å². The fraction of sp³-hybridized carbons (Fsp3) is 0.714. The molecule has 3 atom stereocenters. The highest BCUT2D eigenvalue weighted by molar-refractivity contribution is 5.84. The molecule has 3 unspecified atom stereocenters. The highest BCUT2D eigenvalue weighted by Crippen LogP contribution is 2.37. The minimum atomic E-state index is 0.460. The van der Waals surface area contributed by atoms with E-state index in [0.717, 1.165) is 18.9 Å². The molecular formula is C14H21N5. The van der Waals surface area contributed by atoms with Crippen LogP contribution in [0.15, 0.2) is 17.4 Å². The molecule has 0 spiro atoms. The number of nitrogens with zero attached hydrogens (tertiary/aromatic N) is 4. The van der Waals surface area contributed by atoms with Gasteiger partial charge >= 0.3 is 0 Å². The van der Waals surface area contributed by atoms with Gasteiger partial charge in [0.15, 0.2) is 5.96 Å². The molecule has 0 aromatic carbocycles.